The van der Waals surface area contributed by atoms with Gasteiger partial charge >= 0.3 is 0 Å². The van der Waals surface area contributed by atoms with Crippen molar-refractivity contribution in [3.05, 3.63) is 36.7 Å². The van der Waals surface area contributed by atoms with Gasteiger partial charge in [0.15, 0.2) is 0 Å². The second-order valence-electron chi connectivity index (χ2n) is 5.01. The predicted molar refractivity (Wildman–Crippen MR) is 78.3 cm³/mol. The Morgan fingerprint density at radius 1 is 1.25 bits per heavy atom. The molecular formula is C15H18N4O. The summed E-state index contributed by atoms with van der Waals surface area (Å²) < 4.78 is 0. The molecule has 3 rings (SSSR count). The minimum Gasteiger partial charge on any atom is -0.345 e. The van der Waals surface area contributed by atoms with Gasteiger partial charge in [-0.2, -0.15) is 0 Å². The zero-order valence-corrected chi connectivity index (χ0v) is 11.2. The summed E-state index contributed by atoms with van der Waals surface area (Å²) in [5.74, 6) is 0.882. The van der Waals surface area contributed by atoms with E-state index in [4.69, 9.17) is 0 Å². The van der Waals surface area contributed by atoms with E-state index >= 15 is 0 Å². The van der Waals surface area contributed by atoms with Crippen LogP contribution in [0.1, 0.15) is 19.3 Å². The van der Waals surface area contributed by atoms with Gasteiger partial charge in [0.1, 0.15) is 5.82 Å². The largest absolute Gasteiger partial charge is 0.345 e. The van der Waals surface area contributed by atoms with Gasteiger partial charge < -0.3 is 15.6 Å². The number of H-pyrrole nitrogens is 1. The maximum atomic E-state index is 12.1. The number of carbonyl (C=O) groups excluding carboxylic acids is 1. The van der Waals surface area contributed by atoms with E-state index in [0.717, 1.165) is 42.9 Å². The van der Waals surface area contributed by atoms with Crippen LogP contribution in [0.15, 0.2) is 36.7 Å². The van der Waals surface area contributed by atoms with Gasteiger partial charge in [-0.15, -0.1) is 0 Å². The molecule has 0 bridgehead atoms. The fourth-order valence-corrected chi connectivity index (χ4v) is 2.44. The van der Waals surface area contributed by atoms with Gasteiger partial charge in [-0.3, -0.25) is 4.79 Å². The lowest BCUT2D eigenvalue weighted by Gasteiger charge is -2.22. The number of nitrogens with one attached hydrogen (secondary N) is 3. The van der Waals surface area contributed by atoms with Crippen molar-refractivity contribution in [1.29, 1.82) is 0 Å². The van der Waals surface area contributed by atoms with Gasteiger partial charge in [-0.25, -0.2) is 4.98 Å². The Morgan fingerprint density at radius 3 is 2.75 bits per heavy atom. The number of hydrogen-bond donors (Lipinski definition) is 3. The predicted octanol–water partition coefficient (Wildman–Crippen LogP) is 2.16. The summed E-state index contributed by atoms with van der Waals surface area (Å²) in [4.78, 5) is 19.3. The van der Waals surface area contributed by atoms with Gasteiger partial charge in [0, 0.05) is 23.6 Å². The topological polar surface area (TPSA) is 69.8 Å². The Morgan fingerprint density at radius 2 is 2.10 bits per heavy atom. The first kappa shape index (κ1) is 12.9. The highest BCUT2D eigenvalue weighted by Crippen LogP contribution is 2.18. The van der Waals surface area contributed by atoms with E-state index in [0.29, 0.717) is 0 Å². The number of piperidine rings is 1. The Kier molecular flexibility index (Phi) is 3.78. The molecular weight excluding hydrogens is 252 g/mol. The number of rotatable bonds is 3. The minimum absolute atomic E-state index is 0.0513. The fraction of sp³-hybridized carbons (Fsp3) is 0.333. The lowest BCUT2D eigenvalue weighted by Crippen LogP contribution is -2.43. The van der Waals surface area contributed by atoms with Gasteiger partial charge in [0.2, 0.25) is 5.91 Å². The molecule has 0 unspecified atom stereocenters. The van der Waals surface area contributed by atoms with E-state index < -0.39 is 0 Å². The van der Waals surface area contributed by atoms with Gasteiger partial charge in [-0.05, 0) is 43.7 Å². The number of imidazole rings is 1. The van der Waals surface area contributed by atoms with Crippen molar-refractivity contribution in [2.75, 3.05) is 11.9 Å². The number of aromatic nitrogens is 2. The van der Waals surface area contributed by atoms with Crippen LogP contribution in [0, 0.1) is 0 Å². The van der Waals surface area contributed by atoms with E-state index in [1.54, 1.807) is 12.4 Å². The van der Waals surface area contributed by atoms with E-state index in [9.17, 15) is 4.79 Å². The molecule has 1 aromatic carbocycles. The van der Waals surface area contributed by atoms with E-state index in [-0.39, 0.29) is 11.9 Å². The van der Waals surface area contributed by atoms with Gasteiger partial charge in [0.25, 0.3) is 0 Å². The second-order valence-corrected chi connectivity index (χ2v) is 5.01. The number of benzene rings is 1. The van der Waals surface area contributed by atoms with Crippen molar-refractivity contribution in [3.8, 4) is 11.4 Å². The van der Waals surface area contributed by atoms with Crippen molar-refractivity contribution < 1.29 is 4.79 Å². The van der Waals surface area contributed by atoms with Crippen LogP contribution in [0.25, 0.3) is 11.4 Å². The van der Waals surface area contributed by atoms with Crippen molar-refractivity contribution in [3.63, 3.8) is 0 Å². The molecule has 2 aromatic rings. The third-order valence-electron chi connectivity index (χ3n) is 3.55. The molecule has 3 N–H and O–H groups in total. The molecule has 1 aromatic heterocycles. The molecule has 0 saturated carbocycles. The number of aromatic amines is 1. The quantitative estimate of drug-likeness (QED) is 0.800. The molecule has 0 radical (unpaired) electrons. The molecule has 1 saturated heterocycles. The molecule has 1 fully saturated rings. The number of amides is 1. The Labute approximate surface area is 117 Å². The molecule has 1 aliphatic heterocycles. The van der Waals surface area contributed by atoms with Crippen LogP contribution in [-0.2, 0) is 4.79 Å². The first-order chi connectivity index (χ1) is 9.83. The van der Waals surface area contributed by atoms with Crippen LogP contribution in [0.3, 0.4) is 0 Å². The van der Waals surface area contributed by atoms with Crippen LogP contribution >= 0.6 is 0 Å². The summed E-state index contributed by atoms with van der Waals surface area (Å²) in [7, 11) is 0. The SMILES string of the molecule is O=C(Nc1ccc(-c2ncc[nH]2)cc1)[C@H]1CCCCN1. The number of carbonyl (C=O) groups is 1. The first-order valence-corrected chi connectivity index (χ1v) is 6.97. The van der Waals surface area contributed by atoms with E-state index in [1.807, 2.05) is 24.3 Å². The highest BCUT2D eigenvalue weighted by atomic mass is 16.2. The number of anilines is 1. The van der Waals surface area contributed by atoms with Crippen molar-refractivity contribution in [2.24, 2.45) is 0 Å². The summed E-state index contributed by atoms with van der Waals surface area (Å²) >= 11 is 0. The van der Waals surface area contributed by atoms with Crippen molar-refractivity contribution >= 4 is 11.6 Å². The Balaban J connectivity index is 1.64. The van der Waals surface area contributed by atoms with Crippen LogP contribution in [0.5, 0.6) is 0 Å². The van der Waals surface area contributed by atoms with Crippen LogP contribution in [0.4, 0.5) is 5.69 Å². The second kappa shape index (κ2) is 5.88. The maximum absolute atomic E-state index is 12.1. The van der Waals surface area contributed by atoms with Crippen LogP contribution in [-0.4, -0.2) is 28.5 Å². The molecule has 104 valence electrons. The standard InChI is InChI=1S/C15H18N4O/c20-15(13-3-1-2-8-16-13)19-12-6-4-11(5-7-12)14-17-9-10-18-14/h4-7,9-10,13,16H,1-3,8H2,(H,17,18)(H,19,20)/t13-/m1/s1. The summed E-state index contributed by atoms with van der Waals surface area (Å²) in [6.45, 7) is 0.926. The van der Waals surface area contributed by atoms with Gasteiger partial charge in [0.05, 0.1) is 6.04 Å². The van der Waals surface area contributed by atoms with Crippen LogP contribution < -0.4 is 10.6 Å². The highest BCUT2D eigenvalue weighted by Gasteiger charge is 2.20. The molecule has 0 aliphatic carbocycles. The smallest absolute Gasteiger partial charge is 0.241 e. The Bertz CT molecular complexity index is 556. The number of nitrogens with zero attached hydrogens (tertiary/aromatic N) is 1. The lowest BCUT2D eigenvalue weighted by molar-refractivity contribution is -0.118. The van der Waals surface area contributed by atoms with Crippen molar-refractivity contribution in [2.45, 2.75) is 25.3 Å². The monoisotopic (exact) mass is 270 g/mol. The molecule has 1 aliphatic rings. The zero-order valence-electron chi connectivity index (χ0n) is 11.2. The van der Waals surface area contributed by atoms with Crippen molar-refractivity contribution in [1.82, 2.24) is 15.3 Å². The molecule has 5 nitrogen and oxygen atoms in total. The average molecular weight is 270 g/mol. The maximum Gasteiger partial charge on any atom is 0.241 e. The summed E-state index contributed by atoms with van der Waals surface area (Å²) in [5.41, 5.74) is 1.82. The number of hydrogen-bond acceptors (Lipinski definition) is 3. The Hall–Kier alpha value is -2.14. The third-order valence-corrected chi connectivity index (χ3v) is 3.55. The zero-order chi connectivity index (χ0) is 13.8. The normalized spacial score (nSPS) is 18.7. The molecule has 0 spiro atoms. The summed E-state index contributed by atoms with van der Waals surface area (Å²) in [6, 6.07) is 7.64. The molecule has 2 heterocycles. The summed E-state index contributed by atoms with van der Waals surface area (Å²) in [6.07, 6.45) is 6.69. The lowest BCUT2D eigenvalue weighted by atomic mass is 10.0. The highest BCUT2D eigenvalue weighted by molar-refractivity contribution is 5.95. The fourth-order valence-electron chi connectivity index (χ4n) is 2.44. The van der Waals surface area contributed by atoms with Crippen LogP contribution in [0.2, 0.25) is 0 Å². The molecule has 1 amide bonds. The third kappa shape index (κ3) is 2.88. The average Bonchev–Trinajstić information content (AvgIpc) is 3.03. The van der Waals surface area contributed by atoms with E-state index in [1.165, 1.54) is 0 Å². The molecule has 5 heteroatoms. The summed E-state index contributed by atoms with van der Waals surface area (Å²) in [5, 5.41) is 6.20. The van der Waals surface area contributed by atoms with Gasteiger partial charge in [-0.1, -0.05) is 6.42 Å². The van der Waals surface area contributed by atoms with E-state index in [2.05, 4.69) is 20.6 Å². The first-order valence-electron chi connectivity index (χ1n) is 6.97. The minimum atomic E-state index is -0.0616. The molecule has 20 heavy (non-hydrogen) atoms. The molecule has 1 atom stereocenters.